The maximum Gasteiger partial charge on any atom is 0.136 e. The molecule has 64 heavy (non-hydrogen) atoms. The fourth-order valence-electron chi connectivity index (χ4n) is 10.4. The molecule has 1 heterocycles. The number of hydrogen-bond donors (Lipinski definition) is 0. The minimum absolute atomic E-state index is 0.359. The zero-order chi connectivity index (χ0) is 42.6. The summed E-state index contributed by atoms with van der Waals surface area (Å²) in [5, 5.41) is 2.24. The van der Waals surface area contributed by atoms with E-state index in [-0.39, 0.29) is 5.41 Å². The highest BCUT2D eigenvalue weighted by Crippen LogP contribution is 2.55. The Balaban J connectivity index is 1.10. The molecule has 0 spiro atoms. The third kappa shape index (κ3) is 6.02. The molecule has 10 aromatic carbocycles. The van der Waals surface area contributed by atoms with Gasteiger partial charge in [-0.15, -0.1) is 0 Å². The van der Waals surface area contributed by atoms with Gasteiger partial charge in [0.15, 0.2) is 0 Å². The average Bonchev–Trinajstić information content (AvgIpc) is 3.88. The summed E-state index contributed by atoms with van der Waals surface area (Å²) in [6, 6.07) is 88.1. The van der Waals surface area contributed by atoms with Gasteiger partial charge in [0, 0.05) is 33.1 Å². The summed E-state index contributed by atoms with van der Waals surface area (Å²) in [5.74, 6) is 0. The number of nitrogens with zero attached hydrogens (tertiary/aromatic N) is 1. The van der Waals surface area contributed by atoms with E-state index in [4.69, 9.17) is 4.42 Å². The fourth-order valence-corrected chi connectivity index (χ4v) is 10.4. The number of para-hydroxylation sites is 2. The summed E-state index contributed by atoms with van der Waals surface area (Å²) in [4.78, 5) is 2.47. The van der Waals surface area contributed by atoms with Crippen LogP contribution >= 0.6 is 0 Å². The van der Waals surface area contributed by atoms with E-state index in [0.29, 0.717) is 0 Å². The SMILES string of the molecule is CC1(c2ccccc2)c2ccccc2-c2ccc(N(c3cccc(-c4cccc5oc6ccccc6c45)c3)c3ccccc3-c3ccccc3-c3ccccc3-c3ccccc3)cc21. The maximum atomic E-state index is 6.39. The Hall–Kier alpha value is -8.20. The average molecular weight is 818 g/mol. The van der Waals surface area contributed by atoms with Gasteiger partial charge in [-0.05, 0) is 116 Å². The Morgan fingerprint density at radius 1 is 0.344 bits per heavy atom. The van der Waals surface area contributed by atoms with Crippen molar-refractivity contribution in [2.24, 2.45) is 0 Å². The first-order valence-electron chi connectivity index (χ1n) is 22.1. The predicted molar refractivity (Wildman–Crippen MR) is 268 cm³/mol. The van der Waals surface area contributed by atoms with Gasteiger partial charge in [0.2, 0.25) is 0 Å². The highest BCUT2D eigenvalue weighted by Gasteiger charge is 2.41. The largest absolute Gasteiger partial charge is 0.456 e. The number of hydrogen-bond acceptors (Lipinski definition) is 2. The van der Waals surface area contributed by atoms with Crippen molar-refractivity contribution in [2.75, 3.05) is 4.90 Å². The van der Waals surface area contributed by atoms with Crippen LogP contribution in [0.3, 0.4) is 0 Å². The molecular weight excluding hydrogens is 775 g/mol. The number of fused-ring (bicyclic) bond motifs is 6. The number of benzene rings is 10. The molecule has 2 heteroatoms. The van der Waals surface area contributed by atoms with Gasteiger partial charge >= 0.3 is 0 Å². The first-order chi connectivity index (χ1) is 31.6. The van der Waals surface area contributed by atoms with Crippen LogP contribution in [-0.4, -0.2) is 0 Å². The van der Waals surface area contributed by atoms with E-state index in [1.54, 1.807) is 0 Å². The normalized spacial score (nSPS) is 14.1. The molecule has 0 saturated heterocycles. The van der Waals surface area contributed by atoms with Crippen molar-refractivity contribution in [1.29, 1.82) is 0 Å². The summed E-state index contributed by atoms with van der Waals surface area (Å²) >= 11 is 0. The summed E-state index contributed by atoms with van der Waals surface area (Å²) in [7, 11) is 0. The zero-order valence-electron chi connectivity index (χ0n) is 35.4. The topological polar surface area (TPSA) is 16.4 Å². The zero-order valence-corrected chi connectivity index (χ0v) is 35.4. The van der Waals surface area contributed by atoms with Crippen molar-refractivity contribution in [3.8, 4) is 55.6 Å². The standard InChI is InChI=1S/C62H43NO/c1-62(44-23-6-3-7-24-44)56-34-15-12-30-52(56)53-39-38-46(41-57(53)62)63(45-25-18-22-43(40-45)48-33-19-37-60-61(48)55-32-14-17-36-59(55)64-60)58-35-16-13-31-54(58)51-29-11-10-28-50(51)49-27-9-8-26-47(49)42-20-4-2-5-21-42/h2-41H,1H3. The third-order valence-electron chi connectivity index (χ3n) is 13.4. The minimum Gasteiger partial charge on any atom is -0.456 e. The van der Waals surface area contributed by atoms with Crippen LogP contribution in [0.4, 0.5) is 17.1 Å². The van der Waals surface area contributed by atoms with E-state index in [1.807, 2.05) is 6.07 Å². The van der Waals surface area contributed by atoms with Crippen LogP contribution in [0, 0.1) is 0 Å². The van der Waals surface area contributed by atoms with Crippen LogP contribution < -0.4 is 4.90 Å². The molecule has 0 amide bonds. The molecule has 302 valence electrons. The molecule has 11 aromatic rings. The lowest BCUT2D eigenvalue weighted by molar-refractivity contribution is 0.669. The van der Waals surface area contributed by atoms with Crippen LogP contribution in [0.5, 0.6) is 0 Å². The van der Waals surface area contributed by atoms with Crippen LogP contribution in [0.1, 0.15) is 23.6 Å². The predicted octanol–water partition coefficient (Wildman–Crippen LogP) is 17.1. The van der Waals surface area contributed by atoms with Crippen molar-refractivity contribution < 1.29 is 4.42 Å². The summed E-state index contributed by atoms with van der Waals surface area (Å²) in [5.41, 5.74) is 20.5. The van der Waals surface area contributed by atoms with Gasteiger partial charge in [-0.25, -0.2) is 0 Å². The lowest BCUT2D eigenvalue weighted by atomic mass is 9.74. The minimum atomic E-state index is -0.359. The van der Waals surface area contributed by atoms with E-state index in [0.717, 1.165) is 55.7 Å². The summed E-state index contributed by atoms with van der Waals surface area (Å²) in [6.07, 6.45) is 0. The van der Waals surface area contributed by atoms with Crippen LogP contribution in [-0.2, 0) is 5.41 Å². The molecule has 0 N–H and O–H groups in total. The van der Waals surface area contributed by atoms with Gasteiger partial charge in [0.25, 0.3) is 0 Å². The van der Waals surface area contributed by atoms with Gasteiger partial charge in [-0.3, -0.25) is 0 Å². The second-order valence-electron chi connectivity index (χ2n) is 16.9. The molecule has 0 bridgehead atoms. The van der Waals surface area contributed by atoms with E-state index >= 15 is 0 Å². The smallest absolute Gasteiger partial charge is 0.136 e. The Kier molecular flexibility index (Phi) is 8.98. The molecule has 2 nitrogen and oxygen atoms in total. The Morgan fingerprint density at radius 2 is 0.875 bits per heavy atom. The fraction of sp³-hybridized carbons (Fsp3) is 0.0323. The van der Waals surface area contributed by atoms with Crippen LogP contribution in [0.25, 0.3) is 77.6 Å². The Morgan fingerprint density at radius 3 is 1.67 bits per heavy atom. The molecule has 0 aliphatic heterocycles. The molecule has 1 aliphatic carbocycles. The van der Waals surface area contributed by atoms with Gasteiger partial charge in [0.1, 0.15) is 11.2 Å². The molecule has 0 saturated carbocycles. The molecular formula is C62H43NO. The van der Waals surface area contributed by atoms with E-state index in [2.05, 4.69) is 248 Å². The first kappa shape index (κ1) is 37.6. The van der Waals surface area contributed by atoms with E-state index in [1.165, 1.54) is 55.6 Å². The van der Waals surface area contributed by atoms with Gasteiger partial charge < -0.3 is 9.32 Å². The van der Waals surface area contributed by atoms with Crippen molar-refractivity contribution in [1.82, 2.24) is 0 Å². The molecule has 12 rings (SSSR count). The number of furan rings is 1. The van der Waals surface area contributed by atoms with Crippen LogP contribution in [0.2, 0.25) is 0 Å². The lowest BCUT2D eigenvalue weighted by Gasteiger charge is -2.32. The summed E-state index contributed by atoms with van der Waals surface area (Å²) in [6.45, 7) is 2.39. The molecule has 0 fully saturated rings. The van der Waals surface area contributed by atoms with Crippen molar-refractivity contribution in [3.05, 3.63) is 259 Å². The van der Waals surface area contributed by atoms with Crippen molar-refractivity contribution in [3.63, 3.8) is 0 Å². The van der Waals surface area contributed by atoms with Crippen molar-refractivity contribution >= 4 is 39.0 Å². The Labute approximate surface area is 374 Å². The highest BCUT2D eigenvalue weighted by molar-refractivity contribution is 6.12. The molecule has 1 aromatic heterocycles. The molecule has 0 radical (unpaired) electrons. The van der Waals surface area contributed by atoms with Gasteiger partial charge in [-0.2, -0.15) is 0 Å². The maximum absolute atomic E-state index is 6.39. The third-order valence-corrected chi connectivity index (χ3v) is 13.4. The molecule has 1 atom stereocenters. The highest BCUT2D eigenvalue weighted by atomic mass is 16.3. The Bertz CT molecular complexity index is 3530. The second kappa shape index (κ2) is 15.3. The molecule has 1 aliphatic rings. The van der Waals surface area contributed by atoms with Gasteiger partial charge in [0.05, 0.1) is 5.69 Å². The van der Waals surface area contributed by atoms with Crippen molar-refractivity contribution in [2.45, 2.75) is 12.3 Å². The molecule has 1 unspecified atom stereocenters. The van der Waals surface area contributed by atoms with E-state index in [9.17, 15) is 0 Å². The number of anilines is 3. The second-order valence-corrected chi connectivity index (χ2v) is 16.9. The van der Waals surface area contributed by atoms with Crippen LogP contribution in [0.15, 0.2) is 247 Å². The number of rotatable bonds is 8. The summed E-state index contributed by atoms with van der Waals surface area (Å²) < 4.78 is 6.39. The monoisotopic (exact) mass is 817 g/mol. The quantitative estimate of drug-likeness (QED) is 0.152. The van der Waals surface area contributed by atoms with Gasteiger partial charge in [-0.1, -0.05) is 200 Å². The lowest BCUT2D eigenvalue weighted by Crippen LogP contribution is -2.23. The first-order valence-corrected chi connectivity index (χ1v) is 22.1. The van der Waals surface area contributed by atoms with E-state index < -0.39 is 0 Å².